The lowest BCUT2D eigenvalue weighted by molar-refractivity contribution is 0.138. The lowest BCUT2D eigenvalue weighted by Gasteiger charge is -2.36. The molecular weight excluding hydrogens is 202 g/mol. The van der Waals surface area contributed by atoms with E-state index in [4.69, 9.17) is 0 Å². The number of amides is 2. The van der Waals surface area contributed by atoms with Crippen LogP contribution in [0.4, 0.5) is 4.79 Å². The molecule has 4 heteroatoms. The number of hydrogen-bond acceptors (Lipinski definition) is 2. The summed E-state index contributed by atoms with van der Waals surface area (Å²) in [6, 6.07) is 1.02. The van der Waals surface area contributed by atoms with Crippen LogP contribution in [0.15, 0.2) is 0 Å². The van der Waals surface area contributed by atoms with Crippen LogP contribution in [0.3, 0.4) is 0 Å². The van der Waals surface area contributed by atoms with Crippen LogP contribution in [0.1, 0.15) is 32.6 Å². The lowest BCUT2D eigenvalue weighted by Crippen LogP contribution is -2.49. The van der Waals surface area contributed by atoms with Crippen LogP contribution in [-0.4, -0.2) is 54.6 Å². The summed E-state index contributed by atoms with van der Waals surface area (Å²) in [5.41, 5.74) is 0. The van der Waals surface area contributed by atoms with Gasteiger partial charge >= 0.3 is 6.03 Å². The van der Waals surface area contributed by atoms with Gasteiger partial charge in [-0.15, -0.1) is 0 Å². The lowest BCUT2D eigenvalue weighted by atomic mass is 10.0. The Kier molecular flexibility index (Phi) is 3.69. The number of urea groups is 1. The highest BCUT2D eigenvalue weighted by atomic mass is 16.2. The molecule has 0 aromatic carbocycles. The van der Waals surface area contributed by atoms with Gasteiger partial charge in [0.1, 0.15) is 0 Å². The van der Waals surface area contributed by atoms with E-state index in [1.165, 1.54) is 0 Å². The molecule has 1 saturated carbocycles. The van der Waals surface area contributed by atoms with Crippen molar-refractivity contribution in [2.45, 2.75) is 44.7 Å². The van der Waals surface area contributed by atoms with Crippen LogP contribution in [0, 0.1) is 0 Å². The smallest absolute Gasteiger partial charge is 0.317 e. The van der Waals surface area contributed by atoms with Crippen molar-refractivity contribution in [2.24, 2.45) is 0 Å². The first-order valence-electron chi connectivity index (χ1n) is 6.46. The van der Waals surface area contributed by atoms with Crippen molar-refractivity contribution < 1.29 is 4.79 Å². The van der Waals surface area contributed by atoms with Crippen molar-refractivity contribution in [2.75, 3.05) is 26.7 Å². The summed E-state index contributed by atoms with van der Waals surface area (Å²) < 4.78 is 0. The van der Waals surface area contributed by atoms with Crippen molar-refractivity contribution in [3.63, 3.8) is 0 Å². The van der Waals surface area contributed by atoms with Gasteiger partial charge in [-0.1, -0.05) is 6.92 Å². The van der Waals surface area contributed by atoms with Crippen molar-refractivity contribution in [3.8, 4) is 0 Å². The fourth-order valence-electron chi connectivity index (χ4n) is 2.29. The quantitative estimate of drug-likeness (QED) is 0.785. The van der Waals surface area contributed by atoms with Crippen LogP contribution in [-0.2, 0) is 0 Å². The molecule has 1 N–H and O–H groups in total. The molecule has 92 valence electrons. The average molecular weight is 225 g/mol. The molecule has 0 bridgehead atoms. The van der Waals surface area contributed by atoms with Gasteiger partial charge in [0.25, 0.3) is 0 Å². The van der Waals surface area contributed by atoms with E-state index < -0.39 is 0 Å². The number of piperidine rings is 1. The van der Waals surface area contributed by atoms with Gasteiger partial charge in [-0.25, -0.2) is 4.79 Å². The summed E-state index contributed by atoms with van der Waals surface area (Å²) in [5.74, 6) is 0. The molecule has 4 nitrogen and oxygen atoms in total. The van der Waals surface area contributed by atoms with Crippen molar-refractivity contribution in [1.82, 2.24) is 15.1 Å². The Morgan fingerprint density at radius 1 is 1.31 bits per heavy atom. The number of carbonyl (C=O) groups is 1. The van der Waals surface area contributed by atoms with Gasteiger partial charge in [0.05, 0.1) is 0 Å². The molecule has 2 fully saturated rings. The maximum atomic E-state index is 11.8. The molecule has 0 atom stereocenters. The van der Waals surface area contributed by atoms with Gasteiger partial charge in [-0.2, -0.15) is 0 Å². The molecule has 1 aliphatic heterocycles. The predicted octanol–water partition coefficient (Wildman–Crippen LogP) is 1.27. The second-order valence-electron chi connectivity index (χ2n) is 5.00. The van der Waals surface area contributed by atoms with Gasteiger partial charge in [-0.3, -0.25) is 0 Å². The standard InChI is InChI=1S/C12H23N3O/c1-3-15-8-6-11(7-9-15)14(2)12(16)13-10-4-5-10/h10-11H,3-9H2,1-2H3,(H,13,16). The molecule has 0 radical (unpaired) electrons. The largest absolute Gasteiger partial charge is 0.335 e. The topological polar surface area (TPSA) is 35.6 Å². The van der Waals surface area contributed by atoms with Gasteiger partial charge < -0.3 is 15.1 Å². The molecule has 0 aromatic rings. The molecule has 16 heavy (non-hydrogen) atoms. The number of rotatable bonds is 3. The first kappa shape index (κ1) is 11.7. The third-order valence-corrected chi connectivity index (χ3v) is 3.78. The van der Waals surface area contributed by atoms with E-state index in [1.54, 1.807) is 0 Å². The molecule has 2 amide bonds. The van der Waals surface area contributed by atoms with Gasteiger partial charge in [0.15, 0.2) is 0 Å². The highest BCUT2D eigenvalue weighted by Crippen LogP contribution is 2.20. The van der Waals surface area contributed by atoms with E-state index in [0.29, 0.717) is 12.1 Å². The van der Waals surface area contributed by atoms with Gasteiger partial charge in [0.2, 0.25) is 0 Å². The third kappa shape index (κ3) is 2.88. The molecular formula is C12H23N3O. The molecule has 1 aliphatic carbocycles. The second kappa shape index (κ2) is 5.04. The van der Waals surface area contributed by atoms with E-state index in [-0.39, 0.29) is 6.03 Å². The zero-order valence-corrected chi connectivity index (χ0v) is 10.4. The highest BCUT2D eigenvalue weighted by molar-refractivity contribution is 5.74. The Morgan fingerprint density at radius 2 is 1.94 bits per heavy atom. The summed E-state index contributed by atoms with van der Waals surface area (Å²) in [4.78, 5) is 16.2. The fraction of sp³-hybridized carbons (Fsp3) is 0.917. The zero-order valence-electron chi connectivity index (χ0n) is 10.4. The SMILES string of the molecule is CCN1CCC(N(C)C(=O)NC2CC2)CC1. The van der Waals surface area contributed by atoms with Crippen LogP contribution >= 0.6 is 0 Å². The minimum absolute atomic E-state index is 0.123. The Morgan fingerprint density at radius 3 is 2.44 bits per heavy atom. The minimum atomic E-state index is 0.123. The number of nitrogens with one attached hydrogen (secondary N) is 1. The zero-order chi connectivity index (χ0) is 11.5. The van der Waals surface area contributed by atoms with E-state index in [2.05, 4.69) is 17.1 Å². The summed E-state index contributed by atoms with van der Waals surface area (Å²) in [6.45, 7) is 5.58. The number of likely N-dealkylation sites (tertiary alicyclic amines) is 1. The summed E-state index contributed by atoms with van der Waals surface area (Å²) >= 11 is 0. The number of nitrogens with zero attached hydrogens (tertiary/aromatic N) is 2. The number of carbonyl (C=O) groups excluding carboxylic acids is 1. The molecule has 1 heterocycles. The van der Waals surface area contributed by atoms with Crippen molar-refractivity contribution >= 4 is 6.03 Å². The fourth-order valence-corrected chi connectivity index (χ4v) is 2.29. The average Bonchev–Trinajstić information content (AvgIpc) is 3.12. The Labute approximate surface area is 98.0 Å². The van der Waals surface area contributed by atoms with Crippen molar-refractivity contribution in [3.05, 3.63) is 0 Å². The minimum Gasteiger partial charge on any atom is -0.335 e. The van der Waals surface area contributed by atoms with Crippen LogP contribution in [0.5, 0.6) is 0 Å². The molecule has 1 saturated heterocycles. The summed E-state index contributed by atoms with van der Waals surface area (Å²) in [7, 11) is 1.93. The van der Waals surface area contributed by atoms with Gasteiger partial charge in [-0.05, 0) is 32.2 Å². The monoisotopic (exact) mass is 225 g/mol. The first-order chi connectivity index (χ1) is 7.70. The first-order valence-corrected chi connectivity index (χ1v) is 6.46. The number of hydrogen-bond donors (Lipinski definition) is 1. The normalized spacial score (nSPS) is 23.1. The van der Waals surface area contributed by atoms with E-state index in [9.17, 15) is 4.79 Å². The maximum absolute atomic E-state index is 11.8. The molecule has 0 unspecified atom stereocenters. The van der Waals surface area contributed by atoms with Crippen molar-refractivity contribution in [1.29, 1.82) is 0 Å². The molecule has 2 rings (SSSR count). The molecule has 2 aliphatic rings. The van der Waals surface area contributed by atoms with Crippen LogP contribution < -0.4 is 5.32 Å². The molecule has 0 aromatic heterocycles. The van der Waals surface area contributed by atoms with E-state index in [0.717, 1.165) is 45.3 Å². The predicted molar refractivity (Wildman–Crippen MR) is 64.5 cm³/mol. The molecule has 0 spiro atoms. The highest BCUT2D eigenvalue weighted by Gasteiger charge is 2.28. The van der Waals surface area contributed by atoms with E-state index >= 15 is 0 Å². The van der Waals surface area contributed by atoms with E-state index in [1.807, 2.05) is 11.9 Å². The Balaban J connectivity index is 1.76. The maximum Gasteiger partial charge on any atom is 0.317 e. The van der Waals surface area contributed by atoms with Crippen LogP contribution in [0.25, 0.3) is 0 Å². The Bertz CT molecular complexity index is 245. The second-order valence-corrected chi connectivity index (χ2v) is 5.00. The Hall–Kier alpha value is -0.770. The van der Waals surface area contributed by atoms with Crippen LogP contribution in [0.2, 0.25) is 0 Å². The third-order valence-electron chi connectivity index (χ3n) is 3.78. The van der Waals surface area contributed by atoms with Gasteiger partial charge in [0, 0.05) is 32.2 Å². The summed E-state index contributed by atoms with van der Waals surface area (Å²) in [6.07, 6.45) is 4.55. The summed E-state index contributed by atoms with van der Waals surface area (Å²) in [5, 5.41) is 3.05.